The highest BCUT2D eigenvalue weighted by atomic mass is 16.7. The van der Waals surface area contributed by atoms with E-state index in [9.17, 15) is 33.9 Å². The first-order chi connectivity index (χ1) is 18.7. The van der Waals surface area contributed by atoms with Crippen LogP contribution in [-0.4, -0.2) is 83.7 Å². The van der Waals surface area contributed by atoms with Crippen LogP contribution in [0.1, 0.15) is 46.6 Å². The molecule has 40 heavy (non-hydrogen) atoms. The van der Waals surface area contributed by atoms with E-state index in [0.29, 0.717) is 5.56 Å². The largest absolute Gasteiger partial charge is 0.462 e. The lowest BCUT2D eigenvalue weighted by Gasteiger charge is -2.47. The normalized spacial score (nSPS) is 23.5. The predicted molar refractivity (Wildman–Crippen MR) is 132 cm³/mol. The van der Waals surface area contributed by atoms with Crippen molar-refractivity contribution >= 4 is 35.8 Å². The van der Waals surface area contributed by atoms with Crippen molar-refractivity contribution in [1.29, 1.82) is 0 Å². The fraction of sp³-hybridized carbons (Fsp3) is 0.538. The van der Waals surface area contributed by atoms with E-state index in [1.54, 1.807) is 30.3 Å². The van der Waals surface area contributed by atoms with Crippen molar-refractivity contribution < 1.29 is 62.3 Å². The zero-order valence-corrected chi connectivity index (χ0v) is 22.7. The van der Waals surface area contributed by atoms with Crippen LogP contribution in [0.4, 0.5) is 0 Å². The molecule has 1 aromatic rings. The van der Waals surface area contributed by atoms with E-state index in [4.69, 9.17) is 28.4 Å². The molecule has 14 heteroatoms. The number of aliphatic hydroxyl groups is 1. The van der Waals surface area contributed by atoms with E-state index in [0.717, 1.165) is 34.6 Å². The minimum Gasteiger partial charge on any atom is -0.462 e. The molecule has 1 aliphatic rings. The highest BCUT2D eigenvalue weighted by molar-refractivity contribution is 5.78. The number of hydrogen-bond donors (Lipinski definition) is 2. The molecule has 0 aromatic heterocycles. The van der Waals surface area contributed by atoms with Gasteiger partial charge >= 0.3 is 29.8 Å². The van der Waals surface area contributed by atoms with Crippen LogP contribution in [0.25, 0.3) is 0 Å². The molecule has 0 saturated carbocycles. The van der Waals surface area contributed by atoms with Crippen LogP contribution in [-0.2, 0) is 63.8 Å². The van der Waals surface area contributed by atoms with Crippen molar-refractivity contribution in [2.45, 2.75) is 83.9 Å². The average Bonchev–Trinajstić information content (AvgIpc) is 2.85. The molecule has 0 aliphatic carbocycles. The first kappa shape index (κ1) is 32.2. The molecule has 1 aromatic carbocycles. The van der Waals surface area contributed by atoms with E-state index >= 15 is 0 Å². The van der Waals surface area contributed by atoms with Crippen LogP contribution in [0.5, 0.6) is 0 Å². The minimum absolute atomic E-state index is 0.251. The second-order valence-electron chi connectivity index (χ2n) is 9.03. The van der Waals surface area contributed by atoms with Gasteiger partial charge in [-0.15, -0.1) is 0 Å². The molecule has 1 aliphatic heterocycles. The maximum absolute atomic E-state index is 13.1. The van der Waals surface area contributed by atoms with Gasteiger partial charge in [0, 0.05) is 34.6 Å². The molecule has 4 unspecified atom stereocenters. The third-order valence-corrected chi connectivity index (χ3v) is 5.54. The Balaban J connectivity index is 2.56. The maximum atomic E-state index is 13.1. The summed E-state index contributed by atoms with van der Waals surface area (Å²) in [6, 6.07) is 7.17. The Bertz CT molecular complexity index is 1090. The van der Waals surface area contributed by atoms with Crippen molar-refractivity contribution in [3.05, 3.63) is 35.9 Å². The van der Waals surface area contributed by atoms with Crippen molar-refractivity contribution in [3.63, 3.8) is 0 Å². The average molecular weight is 568 g/mol. The lowest BCUT2D eigenvalue weighted by atomic mass is 9.88. The SMILES string of the molecule is CC(=O)NC1C(OC(C)=O)CC(O)(C(=O)OCc2ccccc2)OC1[C@H](OC(C)=O)[C@@H](COC(C)=O)OC(C)=O. The molecule has 0 radical (unpaired) electrons. The van der Waals surface area contributed by atoms with E-state index in [1.807, 2.05) is 0 Å². The highest BCUT2D eigenvalue weighted by Crippen LogP contribution is 2.35. The number of carbonyl (C=O) groups is 6. The lowest BCUT2D eigenvalue weighted by Crippen LogP contribution is -2.68. The molecule has 2 rings (SSSR count). The molecule has 1 amide bonds. The molecule has 1 heterocycles. The Kier molecular flexibility index (Phi) is 11.6. The quantitative estimate of drug-likeness (QED) is 0.270. The van der Waals surface area contributed by atoms with Gasteiger partial charge < -0.3 is 38.8 Å². The number of esters is 5. The van der Waals surface area contributed by atoms with Crippen LogP contribution >= 0.6 is 0 Å². The van der Waals surface area contributed by atoms with E-state index in [2.05, 4.69) is 5.32 Å². The summed E-state index contributed by atoms with van der Waals surface area (Å²) in [5, 5.41) is 13.9. The first-order valence-corrected chi connectivity index (χ1v) is 12.2. The van der Waals surface area contributed by atoms with Crippen LogP contribution in [0.2, 0.25) is 0 Å². The van der Waals surface area contributed by atoms with E-state index in [1.165, 1.54) is 0 Å². The topological polar surface area (TPSA) is 190 Å². The third kappa shape index (κ3) is 9.61. The molecule has 220 valence electrons. The second kappa shape index (κ2) is 14.4. The van der Waals surface area contributed by atoms with Crippen molar-refractivity contribution in [2.24, 2.45) is 0 Å². The summed E-state index contributed by atoms with van der Waals surface area (Å²) >= 11 is 0. The number of hydrogen-bond acceptors (Lipinski definition) is 13. The van der Waals surface area contributed by atoms with E-state index in [-0.39, 0.29) is 6.61 Å². The van der Waals surface area contributed by atoms with Crippen LogP contribution in [0.3, 0.4) is 0 Å². The van der Waals surface area contributed by atoms with Gasteiger partial charge in [-0.25, -0.2) is 4.79 Å². The number of nitrogens with one attached hydrogen (secondary N) is 1. The summed E-state index contributed by atoms with van der Waals surface area (Å²) in [6.07, 6.45) is -7.02. The molecule has 6 atom stereocenters. The molecule has 1 saturated heterocycles. The monoisotopic (exact) mass is 567 g/mol. The van der Waals surface area contributed by atoms with Crippen molar-refractivity contribution in [1.82, 2.24) is 5.32 Å². The number of amides is 1. The maximum Gasteiger partial charge on any atom is 0.367 e. The highest BCUT2D eigenvalue weighted by Gasteiger charge is 2.57. The molecule has 2 N–H and O–H groups in total. The number of benzene rings is 1. The summed E-state index contributed by atoms with van der Waals surface area (Å²) in [4.78, 5) is 72.7. The second-order valence-corrected chi connectivity index (χ2v) is 9.03. The molecular weight excluding hydrogens is 534 g/mol. The molecule has 14 nitrogen and oxygen atoms in total. The number of carbonyl (C=O) groups excluding carboxylic acids is 6. The Labute approximate surface area is 230 Å². The standard InChI is InChI=1S/C26H33NO13/c1-14(28)27-22-20(37-16(3)30)11-26(34,25(33)36-12-19-9-7-6-8-10-19)40-24(22)23(39-18(5)32)21(38-17(4)31)13-35-15(2)29/h6-10,20-24,34H,11-13H2,1-5H3,(H,27,28)/t20?,21-,22?,23-,24?,26?/m1/s1. The number of rotatable bonds is 11. The Morgan fingerprint density at radius 1 is 0.925 bits per heavy atom. The van der Waals surface area contributed by atoms with Gasteiger partial charge in [-0.05, 0) is 5.56 Å². The smallest absolute Gasteiger partial charge is 0.367 e. The third-order valence-electron chi connectivity index (χ3n) is 5.54. The Morgan fingerprint density at radius 2 is 1.55 bits per heavy atom. The molecular formula is C26H33NO13. The fourth-order valence-electron chi connectivity index (χ4n) is 4.09. The number of ether oxygens (including phenoxy) is 6. The summed E-state index contributed by atoms with van der Waals surface area (Å²) in [7, 11) is 0. The van der Waals surface area contributed by atoms with Crippen molar-refractivity contribution in [2.75, 3.05) is 6.61 Å². The van der Waals surface area contributed by atoms with Gasteiger partial charge in [0.05, 0.1) is 12.5 Å². The molecule has 0 bridgehead atoms. The van der Waals surface area contributed by atoms with Gasteiger partial charge in [-0.3, -0.25) is 24.0 Å². The zero-order chi connectivity index (χ0) is 30.0. The van der Waals surface area contributed by atoms with Gasteiger partial charge in [0.25, 0.3) is 5.79 Å². The Morgan fingerprint density at radius 3 is 2.08 bits per heavy atom. The lowest BCUT2D eigenvalue weighted by molar-refractivity contribution is -0.300. The molecule has 0 spiro atoms. The fourth-order valence-corrected chi connectivity index (χ4v) is 4.09. The van der Waals surface area contributed by atoms with Gasteiger partial charge in [0.2, 0.25) is 5.91 Å². The van der Waals surface area contributed by atoms with Gasteiger partial charge in [0.1, 0.15) is 25.4 Å². The van der Waals surface area contributed by atoms with Gasteiger partial charge in [-0.2, -0.15) is 0 Å². The summed E-state index contributed by atoms with van der Waals surface area (Å²) in [5.74, 6) is -8.07. The van der Waals surface area contributed by atoms with Crippen LogP contribution in [0, 0.1) is 0 Å². The first-order valence-electron chi connectivity index (χ1n) is 12.2. The zero-order valence-electron chi connectivity index (χ0n) is 22.7. The molecule has 1 fully saturated rings. The summed E-state index contributed by atoms with van der Waals surface area (Å²) in [6.45, 7) is 4.46. The van der Waals surface area contributed by atoms with Gasteiger partial charge in [0.15, 0.2) is 12.2 Å². The van der Waals surface area contributed by atoms with Gasteiger partial charge in [-0.1, -0.05) is 30.3 Å². The summed E-state index contributed by atoms with van der Waals surface area (Å²) in [5.41, 5.74) is 0.591. The van der Waals surface area contributed by atoms with E-state index < -0.39 is 85.0 Å². The van der Waals surface area contributed by atoms with Crippen LogP contribution < -0.4 is 5.32 Å². The Hall–Kier alpha value is -4.04. The van der Waals surface area contributed by atoms with Crippen molar-refractivity contribution in [3.8, 4) is 0 Å². The minimum atomic E-state index is -2.78. The summed E-state index contributed by atoms with van der Waals surface area (Å²) < 4.78 is 31.9. The predicted octanol–water partition coefficient (Wildman–Crippen LogP) is 0.0702. The van der Waals surface area contributed by atoms with Crippen LogP contribution in [0.15, 0.2) is 30.3 Å².